The van der Waals surface area contributed by atoms with Crippen LogP contribution in [0.25, 0.3) is 5.57 Å². The molecule has 0 saturated carbocycles. The molecule has 1 unspecified atom stereocenters. The minimum absolute atomic E-state index is 0.0616. The summed E-state index contributed by atoms with van der Waals surface area (Å²) in [6, 6.07) is 3.67. The van der Waals surface area contributed by atoms with Gasteiger partial charge in [0.15, 0.2) is 5.96 Å². The first-order valence-electron chi connectivity index (χ1n) is 13.4. The number of nitrogens with one attached hydrogen (secondary N) is 1. The van der Waals surface area contributed by atoms with Gasteiger partial charge in [0.1, 0.15) is 5.82 Å². The minimum atomic E-state index is -3.18. The van der Waals surface area contributed by atoms with Crippen LogP contribution in [0.15, 0.2) is 29.5 Å². The molecule has 3 saturated heterocycles. The Morgan fingerprint density at radius 3 is 2.39 bits per heavy atom. The van der Waals surface area contributed by atoms with E-state index in [1.54, 1.807) is 16.6 Å². The summed E-state index contributed by atoms with van der Waals surface area (Å²) in [5.74, 6) is 1.30. The lowest BCUT2D eigenvalue weighted by molar-refractivity contribution is -0.136. The maximum absolute atomic E-state index is 13.9. The number of piperidine rings is 2. The first-order valence-corrected chi connectivity index (χ1v) is 15.3. The van der Waals surface area contributed by atoms with E-state index in [0.717, 1.165) is 36.1 Å². The number of carbonyl (C=O) groups excluding carboxylic acids is 1. The molecule has 206 valence electrons. The highest BCUT2D eigenvalue weighted by molar-refractivity contribution is 7.88. The lowest BCUT2D eigenvalue weighted by atomic mass is 9.83. The molecular weight excluding hydrogens is 504 g/mol. The summed E-state index contributed by atoms with van der Waals surface area (Å²) in [6.07, 6.45) is 9.44. The van der Waals surface area contributed by atoms with E-state index in [2.05, 4.69) is 9.88 Å². The van der Waals surface area contributed by atoms with Crippen molar-refractivity contribution in [2.75, 3.05) is 44.7 Å². The number of hydrogen-bond acceptors (Lipinski definition) is 7. The zero-order valence-electron chi connectivity index (χ0n) is 21.9. The Labute approximate surface area is 224 Å². The fraction of sp³-hybridized carbons (Fsp3) is 0.615. The number of sulfonamides is 1. The number of amides is 1. The predicted octanol–water partition coefficient (Wildman–Crippen LogP) is 1.34. The van der Waals surface area contributed by atoms with Gasteiger partial charge in [-0.05, 0) is 67.2 Å². The van der Waals surface area contributed by atoms with Crippen molar-refractivity contribution in [3.8, 4) is 0 Å². The molecule has 1 aromatic rings. The highest BCUT2D eigenvalue weighted by Crippen LogP contribution is 2.39. The summed E-state index contributed by atoms with van der Waals surface area (Å²) >= 11 is 0. The van der Waals surface area contributed by atoms with Crippen LogP contribution in [-0.2, 0) is 14.8 Å². The second-order valence-corrected chi connectivity index (χ2v) is 13.1. The van der Waals surface area contributed by atoms with Crippen LogP contribution in [-0.4, -0.2) is 90.1 Å². The Morgan fingerprint density at radius 2 is 1.79 bits per heavy atom. The Morgan fingerprint density at radius 1 is 1.08 bits per heavy atom. The van der Waals surface area contributed by atoms with Crippen LogP contribution < -0.4 is 11.5 Å². The molecule has 0 bridgehead atoms. The van der Waals surface area contributed by atoms with Gasteiger partial charge in [-0.1, -0.05) is 0 Å². The van der Waals surface area contributed by atoms with Gasteiger partial charge in [-0.3, -0.25) is 15.2 Å². The van der Waals surface area contributed by atoms with Crippen molar-refractivity contribution in [1.82, 2.24) is 19.1 Å². The number of pyridine rings is 1. The average Bonchev–Trinajstić information content (AvgIpc) is 3.56. The number of aromatic nitrogens is 1. The van der Waals surface area contributed by atoms with Gasteiger partial charge in [0.05, 0.1) is 12.3 Å². The number of nitrogen functional groups attached to an aromatic ring is 1. The van der Waals surface area contributed by atoms with E-state index in [0.29, 0.717) is 69.6 Å². The highest BCUT2D eigenvalue weighted by Gasteiger charge is 2.44. The molecule has 2 atom stereocenters. The van der Waals surface area contributed by atoms with Crippen molar-refractivity contribution in [2.24, 2.45) is 28.5 Å². The molecule has 0 aromatic carbocycles. The zero-order valence-corrected chi connectivity index (χ0v) is 22.7. The third-order valence-corrected chi connectivity index (χ3v) is 10.0. The van der Waals surface area contributed by atoms with Crippen LogP contribution >= 0.6 is 0 Å². The maximum Gasteiger partial charge on any atom is 0.226 e. The van der Waals surface area contributed by atoms with Crippen LogP contribution in [0.4, 0.5) is 5.82 Å². The Kier molecular flexibility index (Phi) is 7.45. The van der Waals surface area contributed by atoms with Gasteiger partial charge in [0.2, 0.25) is 15.9 Å². The molecule has 0 spiro atoms. The van der Waals surface area contributed by atoms with E-state index in [1.165, 1.54) is 6.26 Å². The second-order valence-electron chi connectivity index (χ2n) is 11.1. The quantitative estimate of drug-likeness (QED) is 0.373. The molecular formula is C26H38N8O3S. The fourth-order valence-corrected chi connectivity index (χ4v) is 7.35. The largest absolute Gasteiger partial charge is 0.384 e. The molecule has 12 heteroatoms. The van der Waals surface area contributed by atoms with E-state index in [9.17, 15) is 13.2 Å². The van der Waals surface area contributed by atoms with Crippen molar-refractivity contribution in [3.63, 3.8) is 0 Å². The topological polar surface area (TPSA) is 162 Å². The minimum Gasteiger partial charge on any atom is -0.384 e. The van der Waals surface area contributed by atoms with Crippen molar-refractivity contribution < 1.29 is 13.2 Å². The van der Waals surface area contributed by atoms with E-state index in [-0.39, 0.29) is 23.8 Å². The second kappa shape index (κ2) is 10.6. The Balaban J connectivity index is 1.30. The molecule has 0 radical (unpaired) electrons. The van der Waals surface area contributed by atoms with Gasteiger partial charge in [-0.2, -0.15) is 0 Å². The predicted molar refractivity (Wildman–Crippen MR) is 148 cm³/mol. The van der Waals surface area contributed by atoms with Crippen molar-refractivity contribution in [3.05, 3.63) is 30.1 Å². The number of carbonyl (C=O) groups is 1. The lowest BCUT2D eigenvalue weighted by Crippen LogP contribution is -2.48. The van der Waals surface area contributed by atoms with Crippen molar-refractivity contribution in [1.29, 1.82) is 5.41 Å². The van der Waals surface area contributed by atoms with Crippen LogP contribution in [0.2, 0.25) is 0 Å². The van der Waals surface area contributed by atoms with Crippen molar-refractivity contribution in [2.45, 2.75) is 44.6 Å². The van der Waals surface area contributed by atoms with Gasteiger partial charge in [-0.15, -0.1) is 0 Å². The van der Waals surface area contributed by atoms with Gasteiger partial charge in [0, 0.05) is 63.2 Å². The van der Waals surface area contributed by atoms with Gasteiger partial charge in [0.25, 0.3) is 0 Å². The number of allylic oxidation sites excluding steroid dienone is 1. The summed E-state index contributed by atoms with van der Waals surface area (Å²) in [6.45, 7) is 3.00. The zero-order chi connectivity index (χ0) is 27.0. The molecule has 3 fully saturated rings. The number of anilines is 1. The van der Waals surface area contributed by atoms with E-state index < -0.39 is 10.0 Å². The third kappa shape index (κ3) is 5.56. The molecule has 5 heterocycles. The number of nitrogens with zero attached hydrogens (tertiary/aromatic N) is 5. The summed E-state index contributed by atoms with van der Waals surface area (Å²) in [5.41, 5.74) is 14.5. The molecule has 0 aliphatic carbocycles. The summed E-state index contributed by atoms with van der Waals surface area (Å²) in [7, 11) is -3.18. The SMILES string of the molecule is CS(=O)(=O)N1CCC([C@H]2CC(C3=NC=C(c4ccc(N)nc4)C3)N(C(=O)C3CCN(C(=N)N)CC3)C2)CC1. The third-order valence-electron chi connectivity index (χ3n) is 8.74. The molecule has 4 aliphatic heterocycles. The lowest BCUT2D eigenvalue weighted by Gasteiger charge is -2.35. The van der Waals surface area contributed by atoms with Crippen LogP contribution in [0.1, 0.15) is 44.1 Å². The normalized spacial score (nSPS) is 25.9. The average molecular weight is 543 g/mol. The number of aliphatic imine (C=N–C) groups is 1. The molecule has 11 nitrogen and oxygen atoms in total. The molecule has 38 heavy (non-hydrogen) atoms. The molecule has 1 amide bonds. The maximum atomic E-state index is 13.9. The van der Waals surface area contributed by atoms with E-state index in [4.69, 9.17) is 21.9 Å². The molecule has 4 aliphatic rings. The number of likely N-dealkylation sites (tertiary alicyclic amines) is 2. The van der Waals surface area contributed by atoms with Gasteiger partial charge < -0.3 is 21.3 Å². The monoisotopic (exact) mass is 542 g/mol. The standard InChI is InChI=1S/C26H38N8O3S/c1-38(36,37)33-10-6-17(7-11-33)21-13-23(22-12-20(15-30-22)19-2-3-24(27)31-14-19)34(16-21)25(35)18-4-8-32(9-5-18)26(28)29/h2-3,14-15,17-18,21,23H,4-13,16H2,1H3,(H2,27,31)(H3,28,29)/t21-,23?/m0/s1. The van der Waals surface area contributed by atoms with E-state index in [1.807, 2.05) is 17.2 Å². The molecule has 1 aromatic heterocycles. The van der Waals surface area contributed by atoms with Crippen LogP contribution in [0, 0.1) is 23.2 Å². The summed E-state index contributed by atoms with van der Waals surface area (Å²) < 4.78 is 25.6. The first kappa shape index (κ1) is 26.6. The molecule has 5 N–H and O–H groups in total. The number of guanidine groups is 1. The molecule has 5 rings (SSSR count). The highest BCUT2D eigenvalue weighted by atomic mass is 32.2. The van der Waals surface area contributed by atoms with Crippen LogP contribution in [0.5, 0.6) is 0 Å². The van der Waals surface area contributed by atoms with E-state index >= 15 is 0 Å². The van der Waals surface area contributed by atoms with Crippen LogP contribution in [0.3, 0.4) is 0 Å². The Bertz CT molecular complexity index is 1230. The fourth-order valence-electron chi connectivity index (χ4n) is 6.47. The number of nitrogens with two attached hydrogens (primary N) is 2. The van der Waals surface area contributed by atoms with Gasteiger partial charge >= 0.3 is 0 Å². The summed E-state index contributed by atoms with van der Waals surface area (Å²) in [5, 5.41) is 7.70. The van der Waals surface area contributed by atoms with Gasteiger partial charge in [-0.25, -0.2) is 17.7 Å². The first-order chi connectivity index (χ1) is 18.1. The van der Waals surface area contributed by atoms with Crippen molar-refractivity contribution >= 4 is 39.0 Å². The smallest absolute Gasteiger partial charge is 0.226 e. The number of rotatable bonds is 5. The number of hydrogen-bond donors (Lipinski definition) is 3. The summed E-state index contributed by atoms with van der Waals surface area (Å²) in [4.78, 5) is 26.8. The Hall–Kier alpha value is -2.99.